The maximum Gasteiger partial charge on any atom is 0.265 e. The zero-order valence-corrected chi connectivity index (χ0v) is 9.62. The van der Waals surface area contributed by atoms with E-state index in [2.05, 4.69) is 4.90 Å². The lowest BCUT2D eigenvalue weighted by molar-refractivity contribution is -0.115. The van der Waals surface area contributed by atoms with Crippen LogP contribution in [0.2, 0.25) is 0 Å². The molecule has 84 valence electrons. The van der Waals surface area contributed by atoms with Crippen LogP contribution in [0.15, 0.2) is 0 Å². The topological polar surface area (TPSA) is 53.1 Å². The summed E-state index contributed by atoms with van der Waals surface area (Å²) in [7, 11) is 0.551. The number of hydrogen-bond donors (Lipinski definition) is 0. The van der Waals surface area contributed by atoms with Crippen molar-refractivity contribution in [3.05, 3.63) is 0 Å². The third-order valence-corrected chi connectivity index (χ3v) is 2.64. The summed E-state index contributed by atoms with van der Waals surface area (Å²) in [5, 5.41) is 3.80. The molecule has 0 aromatic heterocycles. The van der Waals surface area contributed by atoms with Crippen molar-refractivity contribution in [2.45, 2.75) is 0 Å². The Balaban J connectivity index is 2.42. The van der Waals surface area contributed by atoms with Crippen LogP contribution in [0.4, 0.5) is 0 Å². The molecule has 0 bridgehead atoms. The first-order valence-electron chi connectivity index (χ1n) is 4.37. The summed E-state index contributed by atoms with van der Waals surface area (Å²) < 4.78 is 26.3. The highest BCUT2D eigenvalue weighted by Crippen LogP contribution is 2.04. The molecule has 1 fully saturated rings. The molecule has 0 aliphatic carbocycles. The summed E-state index contributed by atoms with van der Waals surface area (Å²) in [4.78, 5) is 2.10. The van der Waals surface area contributed by atoms with Gasteiger partial charge in [-0.25, -0.2) is 10.0 Å². The van der Waals surface area contributed by atoms with Gasteiger partial charge in [-0.2, -0.15) is 8.42 Å². The van der Waals surface area contributed by atoms with Crippen LogP contribution in [0.1, 0.15) is 0 Å². The zero-order valence-electron chi connectivity index (χ0n) is 8.80. The van der Waals surface area contributed by atoms with Crippen LogP contribution in [0, 0.1) is 0 Å². The van der Waals surface area contributed by atoms with Crippen molar-refractivity contribution in [1.29, 1.82) is 0 Å². The molecule has 1 rings (SSSR count). The third kappa shape index (κ3) is 3.89. The van der Waals surface area contributed by atoms with Crippen molar-refractivity contribution >= 4 is 10.1 Å². The number of nitrogens with zero attached hydrogens (tertiary/aromatic N) is 3. The van der Waals surface area contributed by atoms with Crippen molar-refractivity contribution in [2.24, 2.45) is 0 Å². The highest BCUT2D eigenvalue weighted by Gasteiger charge is 2.20. The normalized spacial score (nSPS) is 22.8. The fraction of sp³-hybridized carbons (Fsp3) is 1.00. The van der Waals surface area contributed by atoms with Crippen LogP contribution < -0.4 is 0 Å². The van der Waals surface area contributed by atoms with Crippen LogP contribution in [-0.4, -0.2) is 70.2 Å². The standard InChI is InChI=1S/C7H17N3O3S/c1-8-4-5-9(2)10(6-8)7-13-14(3,11)12/h4-7H2,1-3H3. The molecule has 0 unspecified atom stereocenters. The average Bonchev–Trinajstić information content (AvgIpc) is 2.05. The van der Waals surface area contributed by atoms with Gasteiger partial charge in [-0.3, -0.25) is 9.08 Å². The molecule has 0 amide bonds. The second kappa shape index (κ2) is 4.54. The van der Waals surface area contributed by atoms with Crippen LogP contribution in [-0.2, 0) is 14.3 Å². The van der Waals surface area contributed by atoms with Crippen LogP contribution >= 0.6 is 0 Å². The molecule has 0 N–H and O–H groups in total. The molecule has 1 saturated heterocycles. The lowest BCUT2D eigenvalue weighted by Crippen LogP contribution is -2.54. The summed E-state index contributed by atoms with van der Waals surface area (Å²) in [5.74, 6) is 0. The fourth-order valence-electron chi connectivity index (χ4n) is 1.21. The van der Waals surface area contributed by atoms with Crippen LogP contribution in [0.3, 0.4) is 0 Å². The number of likely N-dealkylation sites (N-methyl/N-ethyl adjacent to an activating group) is 2. The lowest BCUT2D eigenvalue weighted by atomic mass is 10.5. The van der Waals surface area contributed by atoms with Gasteiger partial charge in [-0.1, -0.05) is 0 Å². The minimum absolute atomic E-state index is 0.0830. The van der Waals surface area contributed by atoms with Crippen LogP contribution in [0.25, 0.3) is 0 Å². The molecule has 0 atom stereocenters. The Morgan fingerprint density at radius 3 is 2.50 bits per heavy atom. The van der Waals surface area contributed by atoms with E-state index < -0.39 is 10.1 Å². The van der Waals surface area contributed by atoms with E-state index in [1.54, 1.807) is 0 Å². The van der Waals surface area contributed by atoms with E-state index in [-0.39, 0.29) is 6.73 Å². The molecular formula is C7H17N3O3S. The first kappa shape index (κ1) is 11.9. The van der Waals surface area contributed by atoms with Gasteiger partial charge in [0.2, 0.25) is 0 Å². The maximum absolute atomic E-state index is 10.8. The van der Waals surface area contributed by atoms with Gasteiger partial charge in [0.05, 0.1) is 12.9 Å². The van der Waals surface area contributed by atoms with E-state index in [1.807, 2.05) is 24.1 Å². The van der Waals surface area contributed by atoms with Crippen LogP contribution in [0.5, 0.6) is 0 Å². The Labute approximate surface area is 85.1 Å². The second-order valence-electron chi connectivity index (χ2n) is 3.56. The smallest absolute Gasteiger partial charge is 0.265 e. The number of hydrogen-bond acceptors (Lipinski definition) is 6. The fourth-order valence-corrected chi connectivity index (χ4v) is 1.52. The van der Waals surface area contributed by atoms with E-state index in [4.69, 9.17) is 4.18 Å². The Hall–Kier alpha value is -0.210. The largest absolute Gasteiger partial charge is 0.291 e. The quantitative estimate of drug-likeness (QED) is 0.570. The molecule has 1 aliphatic heterocycles. The molecule has 14 heavy (non-hydrogen) atoms. The number of hydrazine groups is 1. The van der Waals surface area contributed by atoms with Gasteiger partial charge in [0.15, 0.2) is 0 Å². The minimum Gasteiger partial charge on any atom is -0.291 e. The Morgan fingerprint density at radius 2 is 1.93 bits per heavy atom. The predicted octanol–water partition coefficient (Wildman–Crippen LogP) is -1.03. The molecule has 0 saturated carbocycles. The van der Waals surface area contributed by atoms with E-state index in [0.717, 1.165) is 19.3 Å². The van der Waals surface area contributed by atoms with Gasteiger partial charge in [-0.05, 0) is 7.05 Å². The third-order valence-electron chi connectivity index (χ3n) is 2.11. The van der Waals surface area contributed by atoms with Crippen molar-refractivity contribution < 1.29 is 12.6 Å². The second-order valence-corrected chi connectivity index (χ2v) is 5.20. The highest BCUT2D eigenvalue weighted by atomic mass is 32.2. The number of rotatable bonds is 3. The monoisotopic (exact) mass is 223 g/mol. The van der Waals surface area contributed by atoms with Gasteiger partial charge in [0.1, 0.15) is 6.73 Å². The average molecular weight is 223 g/mol. The van der Waals surface area contributed by atoms with E-state index in [9.17, 15) is 8.42 Å². The maximum atomic E-state index is 10.8. The van der Waals surface area contributed by atoms with Gasteiger partial charge >= 0.3 is 0 Å². The SMILES string of the molecule is CN1CCN(C)N(COS(C)(=O)=O)C1. The van der Waals surface area contributed by atoms with E-state index >= 15 is 0 Å². The van der Waals surface area contributed by atoms with E-state index in [1.165, 1.54) is 0 Å². The molecular weight excluding hydrogens is 206 g/mol. The molecule has 0 spiro atoms. The molecule has 7 heteroatoms. The molecule has 0 aromatic carbocycles. The summed E-state index contributed by atoms with van der Waals surface area (Å²) in [6.07, 6.45) is 1.06. The van der Waals surface area contributed by atoms with Gasteiger partial charge < -0.3 is 0 Å². The summed E-state index contributed by atoms with van der Waals surface area (Å²) in [6, 6.07) is 0. The van der Waals surface area contributed by atoms with Crippen molar-refractivity contribution in [3.8, 4) is 0 Å². The summed E-state index contributed by atoms with van der Waals surface area (Å²) >= 11 is 0. The van der Waals surface area contributed by atoms with Crippen molar-refractivity contribution in [2.75, 3.05) is 46.8 Å². The van der Waals surface area contributed by atoms with Gasteiger partial charge in [0, 0.05) is 20.1 Å². The van der Waals surface area contributed by atoms with Crippen molar-refractivity contribution in [3.63, 3.8) is 0 Å². The Morgan fingerprint density at radius 1 is 1.29 bits per heavy atom. The molecule has 0 aromatic rings. The first-order valence-corrected chi connectivity index (χ1v) is 6.19. The first-order chi connectivity index (χ1) is 6.38. The molecule has 6 nitrogen and oxygen atoms in total. The summed E-state index contributed by atoms with van der Waals surface area (Å²) in [5.41, 5.74) is 0. The van der Waals surface area contributed by atoms with Crippen molar-refractivity contribution in [1.82, 2.24) is 14.9 Å². The molecule has 0 radical (unpaired) electrons. The van der Waals surface area contributed by atoms with Gasteiger partial charge in [0.25, 0.3) is 10.1 Å². The molecule has 1 heterocycles. The zero-order chi connectivity index (χ0) is 10.8. The summed E-state index contributed by atoms with van der Waals surface area (Å²) in [6.45, 7) is 2.63. The molecule has 1 aliphatic rings. The lowest BCUT2D eigenvalue weighted by Gasteiger charge is -2.39. The highest BCUT2D eigenvalue weighted by molar-refractivity contribution is 7.85. The minimum atomic E-state index is -3.35. The van der Waals surface area contributed by atoms with Gasteiger partial charge in [-0.15, -0.1) is 0 Å². The predicted molar refractivity (Wildman–Crippen MR) is 52.8 cm³/mol. The Kier molecular flexibility index (Phi) is 3.85. The van der Waals surface area contributed by atoms with E-state index in [0.29, 0.717) is 6.67 Å². The Bertz CT molecular complexity index is 280.